The van der Waals surface area contributed by atoms with Gasteiger partial charge in [0.15, 0.2) is 0 Å². The smallest absolute Gasteiger partial charge is 0.102 e. The van der Waals surface area contributed by atoms with Crippen molar-refractivity contribution in [3.05, 3.63) is 119 Å². The molecule has 174 valence electrons. The van der Waals surface area contributed by atoms with Crippen molar-refractivity contribution in [2.75, 3.05) is 36.0 Å². The molecule has 4 aromatic rings. The van der Waals surface area contributed by atoms with E-state index in [1.807, 2.05) is 0 Å². The maximum Gasteiger partial charge on any atom is 0.102 e. The normalized spacial score (nSPS) is 13.5. The van der Waals surface area contributed by atoms with Crippen molar-refractivity contribution < 1.29 is 0 Å². The maximum atomic E-state index is 10.3. The molecule has 5 rings (SSSR count). The first-order valence-electron chi connectivity index (χ1n) is 12.4. The summed E-state index contributed by atoms with van der Waals surface area (Å²) in [5.41, 5.74) is 10.5. The summed E-state index contributed by atoms with van der Waals surface area (Å²) in [5, 5.41) is 10.3. The number of piperazine rings is 1. The largest absolute Gasteiger partial charge is 0.368 e. The van der Waals surface area contributed by atoms with Crippen LogP contribution in [0.3, 0.4) is 0 Å². The van der Waals surface area contributed by atoms with Gasteiger partial charge < -0.3 is 9.80 Å². The van der Waals surface area contributed by atoms with Gasteiger partial charge in [0.1, 0.15) is 6.07 Å². The molecule has 1 aliphatic rings. The topological polar surface area (TPSA) is 30.3 Å². The Bertz CT molecular complexity index is 1330. The van der Waals surface area contributed by atoms with Crippen molar-refractivity contribution in [3.63, 3.8) is 0 Å². The lowest BCUT2D eigenvalue weighted by atomic mass is 9.84. The van der Waals surface area contributed by atoms with Crippen LogP contribution in [0.5, 0.6) is 0 Å². The Balaban J connectivity index is 1.58. The molecule has 0 aromatic heterocycles. The number of nitrogens with zero attached hydrogens (tertiary/aromatic N) is 3. The number of para-hydroxylation sites is 1. The molecular formula is C32H31N3. The summed E-state index contributed by atoms with van der Waals surface area (Å²) in [6.07, 6.45) is 0.814. The highest BCUT2D eigenvalue weighted by molar-refractivity contribution is 5.83. The maximum absolute atomic E-state index is 10.3. The second-order valence-corrected chi connectivity index (χ2v) is 9.28. The minimum Gasteiger partial charge on any atom is -0.368 e. The van der Waals surface area contributed by atoms with Crippen LogP contribution in [-0.2, 0) is 6.42 Å². The van der Waals surface area contributed by atoms with E-state index in [4.69, 9.17) is 0 Å². The Morgan fingerprint density at radius 3 is 1.83 bits per heavy atom. The summed E-state index contributed by atoms with van der Waals surface area (Å²) in [5.74, 6) is 0. The first-order valence-corrected chi connectivity index (χ1v) is 12.4. The van der Waals surface area contributed by atoms with Gasteiger partial charge in [0.05, 0.1) is 11.3 Å². The first kappa shape index (κ1) is 22.7. The highest BCUT2D eigenvalue weighted by Gasteiger charge is 2.26. The third-order valence-corrected chi connectivity index (χ3v) is 7.21. The molecule has 1 heterocycles. The van der Waals surface area contributed by atoms with Crippen LogP contribution in [0.2, 0.25) is 0 Å². The van der Waals surface area contributed by atoms with Gasteiger partial charge in [-0.15, -0.1) is 0 Å². The van der Waals surface area contributed by atoms with Crippen LogP contribution in [0, 0.1) is 25.2 Å². The molecule has 0 atom stereocenters. The Morgan fingerprint density at radius 2 is 1.23 bits per heavy atom. The van der Waals surface area contributed by atoms with Gasteiger partial charge in [-0.3, -0.25) is 0 Å². The minimum atomic E-state index is 0.814. The molecule has 0 amide bonds. The number of benzene rings is 4. The average Bonchev–Trinajstić information content (AvgIpc) is 2.92. The van der Waals surface area contributed by atoms with Crippen molar-refractivity contribution >= 4 is 11.4 Å². The Hall–Kier alpha value is -4.03. The van der Waals surface area contributed by atoms with Crippen molar-refractivity contribution in [2.45, 2.75) is 20.3 Å². The molecule has 1 aliphatic heterocycles. The lowest BCUT2D eigenvalue weighted by Crippen LogP contribution is -2.47. The number of hydrogen-bond acceptors (Lipinski definition) is 3. The van der Waals surface area contributed by atoms with Gasteiger partial charge in [0, 0.05) is 31.9 Å². The van der Waals surface area contributed by atoms with Crippen molar-refractivity contribution in [1.29, 1.82) is 5.26 Å². The number of rotatable bonds is 5. The fourth-order valence-corrected chi connectivity index (χ4v) is 5.42. The second kappa shape index (κ2) is 10.1. The lowest BCUT2D eigenvalue weighted by Gasteiger charge is -2.39. The molecule has 3 heteroatoms. The van der Waals surface area contributed by atoms with Crippen molar-refractivity contribution in [2.24, 2.45) is 0 Å². The van der Waals surface area contributed by atoms with Gasteiger partial charge in [-0.2, -0.15) is 5.26 Å². The van der Waals surface area contributed by atoms with Crippen LogP contribution in [-0.4, -0.2) is 26.2 Å². The number of anilines is 2. The van der Waals surface area contributed by atoms with Crippen molar-refractivity contribution in [1.82, 2.24) is 0 Å². The molecule has 0 spiro atoms. The summed E-state index contributed by atoms with van der Waals surface area (Å²) in [7, 11) is 0. The third-order valence-electron chi connectivity index (χ3n) is 7.21. The van der Waals surface area contributed by atoms with E-state index in [2.05, 4.69) is 121 Å². The van der Waals surface area contributed by atoms with Gasteiger partial charge in [0.2, 0.25) is 0 Å². The molecule has 0 saturated carbocycles. The van der Waals surface area contributed by atoms with E-state index in [0.29, 0.717) is 0 Å². The molecule has 4 aromatic carbocycles. The fraction of sp³-hybridized carbons (Fsp3) is 0.219. The Labute approximate surface area is 208 Å². The Kier molecular flexibility index (Phi) is 6.55. The second-order valence-electron chi connectivity index (χ2n) is 9.28. The summed E-state index contributed by atoms with van der Waals surface area (Å²) in [6, 6.07) is 34.4. The number of hydrogen-bond donors (Lipinski definition) is 0. The third kappa shape index (κ3) is 4.53. The highest BCUT2D eigenvalue weighted by Crippen LogP contribution is 2.41. The van der Waals surface area contributed by atoms with Crippen LogP contribution in [0.25, 0.3) is 11.1 Å². The summed E-state index contributed by atoms with van der Waals surface area (Å²) >= 11 is 0. The van der Waals surface area contributed by atoms with E-state index in [1.54, 1.807) is 0 Å². The molecule has 35 heavy (non-hydrogen) atoms. The van der Waals surface area contributed by atoms with Crippen LogP contribution in [0.4, 0.5) is 11.4 Å². The molecule has 0 radical (unpaired) electrons. The molecule has 0 N–H and O–H groups in total. The zero-order valence-electron chi connectivity index (χ0n) is 20.5. The summed E-state index contributed by atoms with van der Waals surface area (Å²) < 4.78 is 0. The van der Waals surface area contributed by atoms with E-state index in [9.17, 15) is 5.26 Å². The monoisotopic (exact) mass is 457 g/mol. The summed E-state index contributed by atoms with van der Waals surface area (Å²) in [4.78, 5) is 4.87. The quantitative estimate of drug-likeness (QED) is 0.332. The number of nitriles is 1. The predicted molar refractivity (Wildman–Crippen MR) is 146 cm³/mol. The van der Waals surface area contributed by atoms with Crippen LogP contribution >= 0.6 is 0 Å². The van der Waals surface area contributed by atoms with E-state index in [0.717, 1.165) is 49.4 Å². The molecule has 3 nitrogen and oxygen atoms in total. The molecule has 0 unspecified atom stereocenters. The van der Waals surface area contributed by atoms with E-state index in [-0.39, 0.29) is 0 Å². The average molecular weight is 458 g/mol. The van der Waals surface area contributed by atoms with Crippen LogP contribution in [0.15, 0.2) is 91.0 Å². The highest BCUT2D eigenvalue weighted by atomic mass is 15.3. The van der Waals surface area contributed by atoms with E-state index in [1.165, 1.54) is 33.5 Å². The predicted octanol–water partition coefficient (Wildman–Crippen LogP) is 6.76. The summed E-state index contributed by atoms with van der Waals surface area (Å²) in [6.45, 7) is 8.02. The molecular weight excluding hydrogens is 426 g/mol. The first-order chi connectivity index (χ1) is 17.2. The zero-order valence-corrected chi connectivity index (χ0v) is 20.5. The zero-order chi connectivity index (χ0) is 24.2. The fourth-order valence-electron chi connectivity index (χ4n) is 5.42. The van der Waals surface area contributed by atoms with Gasteiger partial charge >= 0.3 is 0 Å². The molecule has 0 bridgehead atoms. The minimum absolute atomic E-state index is 0.814. The molecule has 1 saturated heterocycles. The molecule has 0 aliphatic carbocycles. The van der Waals surface area contributed by atoms with Gasteiger partial charge in [-0.05, 0) is 65.8 Å². The van der Waals surface area contributed by atoms with Gasteiger partial charge in [-0.1, -0.05) is 78.9 Å². The van der Waals surface area contributed by atoms with E-state index < -0.39 is 0 Å². The van der Waals surface area contributed by atoms with Gasteiger partial charge in [-0.25, -0.2) is 0 Å². The van der Waals surface area contributed by atoms with E-state index >= 15 is 0 Å². The Morgan fingerprint density at radius 1 is 0.686 bits per heavy atom. The van der Waals surface area contributed by atoms with Crippen LogP contribution in [0.1, 0.15) is 27.8 Å². The molecule has 1 fully saturated rings. The van der Waals surface area contributed by atoms with Crippen LogP contribution < -0.4 is 9.80 Å². The lowest BCUT2D eigenvalue weighted by molar-refractivity contribution is 0.651. The van der Waals surface area contributed by atoms with Gasteiger partial charge in [0.25, 0.3) is 0 Å². The SMILES string of the molecule is Cc1c(C#N)c(N2CCN(c3ccccc3)CC2)c(C)c(-c2ccccc2)c1Cc1ccccc1. The standard InChI is InChI=1S/C32H31N3/c1-24-29(22-26-12-6-3-7-13-26)31(27-14-8-4-9-15-27)25(2)32(30(24)23-33)35-20-18-34(19-21-35)28-16-10-5-11-17-28/h3-17H,18-22H2,1-2H3. The van der Waals surface area contributed by atoms with Crippen molar-refractivity contribution in [3.8, 4) is 17.2 Å².